The van der Waals surface area contributed by atoms with Gasteiger partial charge >= 0.3 is 5.97 Å². The Balaban J connectivity index is 2.56. The van der Waals surface area contributed by atoms with Crippen molar-refractivity contribution >= 4 is 22.3 Å². The molecule has 132 valence electrons. The molecule has 2 aromatic rings. The summed E-state index contributed by atoms with van der Waals surface area (Å²) in [6.07, 6.45) is 0.681. The SMILES string of the molecule is COc1ccc(C(C=O)c2ccc(S(N)(=O)=O)cc2OC(C)=O)cc1. The van der Waals surface area contributed by atoms with Crippen LogP contribution in [0.15, 0.2) is 47.4 Å². The monoisotopic (exact) mass is 363 g/mol. The number of methoxy groups -OCH3 is 1. The van der Waals surface area contributed by atoms with E-state index in [2.05, 4.69) is 0 Å². The van der Waals surface area contributed by atoms with E-state index in [4.69, 9.17) is 14.6 Å². The van der Waals surface area contributed by atoms with Gasteiger partial charge in [-0.3, -0.25) is 4.79 Å². The Morgan fingerprint density at radius 3 is 2.28 bits per heavy atom. The standard InChI is InChI=1S/C17H17NO6S/c1-11(20)24-17-9-14(25(18,21)22)7-8-15(17)16(10-19)12-3-5-13(23-2)6-4-12/h3-10,16H,1-2H3,(H2,18,21,22). The third-order valence-corrected chi connectivity index (χ3v) is 4.42. The van der Waals surface area contributed by atoms with Crippen LogP contribution in [0.3, 0.4) is 0 Å². The molecule has 0 aliphatic carbocycles. The minimum atomic E-state index is -3.98. The van der Waals surface area contributed by atoms with Crippen LogP contribution in [0.1, 0.15) is 24.0 Å². The summed E-state index contributed by atoms with van der Waals surface area (Å²) < 4.78 is 33.2. The van der Waals surface area contributed by atoms with Gasteiger partial charge in [-0.05, 0) is 23.8 Å². The van der Waals surface area contributed by atoms with Crippen LogP contribution in [-0.2, 0) is 19.6 Å². The van der Waals surface area contributed by atoms with E-state index < -0.39 is 21.9 Å². The predicted molar refractivity (Wildman–Crippen MR) is 90.0 cm³/mol. The molecule has 2 rings (SSSR count). The summed E-state index contributed by atoms with van der Waals surface area (Å²) in [4.78, 5) is 22.8. The highest BCUT2D eigenvalue weighted by Gasteiger charge is 2.21. The number of primary sulfonamides is 1. The summed E-state index contributed by atoms with van der Waals surface area (Å²) in [6.45, 7) is 1.18. The van der Waals surface area contributed by atoms with Gasteiger partial charge in [0.25, 0.3) is 0 Å². The molecule has 0 amide bonds. The zero-order valence-corrected chi connectivity index (χ0v) is 14.4. The van der Waals surface area contributed by atoms with Gasteiger partial charge < -0.3 is 14.3 Å². The molecule has 2 N–H and O–H groups in total. The quantitative estimate of drug-likeness (QED) is 0.474. The first-order chi connectivity index (χ1) is 11.8. The minimum Gasteiger partial charge on any atom is -0.497 e. The van der Waals surface area contributed by atoms with Gasteiger partial charge in [0.1, 0.15) is 17.8 Å². The van der Waals surface area contributed by atoms with E-state index in [1.807, 2.05) is 0 Å². The molecule has 0 fully saturated rings. The number of carbonyl (C=O) groups excluding carboxylic acids is 2. The topological polar surface area (TPSA) is 113 Å². The van der Waals surface area contributed by atoms with Crippen LogP contribution in [-0.4, -0.2) is 27.8 Å². The highest BCUT2D eigenvalue weighted by atomic mass is 32.2. The van der Waals surface area contributed by atoms with Crippen molar-refractivity contribution in [3.05, 3.63) is 53.6 Å². The van der Waals surface area contributed by atoms with E-state index in [9.17, 15) is 18.0 Å². The second kappa shape index (κ2) is 7.45. The number of sulfonamides is 1. The molecule has 25 heavy (non-hydrogen) atoms. The van der Waals surface area contributed by atoms with Crippen molar-refractivity contribution in [3.8, 4) is 11.5 Å². The second-order valence-corrected chi connectivity index (χ2v) is 6.79. The highest BCUT2D eigenvalue weighted by Crippen LogP contribution is 2.33. The number of hydrogen-bond acceptors (Lipinski definition) is 6. The third-order valence-electron chi connectivity index (χ3n) is 3.51. The number of ether oxygens (including phenoxy) is 2. The summed E-state index contributed by atoms with van der Waals surface area (Å²) in [7, 11) is -2.46. The summed E-state index contributed by atoms with van der Waals surface area (Å²) in [5.41, 5.74) is 0.982. The van der Waals surface area contributed by atoms with Crippen molar-refractivity contribution in [1.29, 1.82) is 0 Å². The van der Waals surface area contributed by atoms with Gasteiger partial charge in [0.05, 0.1) is 17.9 Å². The third kappa shape index (κ3) is 4.43. The zero-order valence-electron chi connectivity index (χ0n) is 13.6. The Morgan fingerprint density at radius 2 is 1.80 bits per heavy atom. The number of rotatable bonds is 6. The van der Waals surface area contributed by atoms with Crippen LogP contribution in [0.25, 0.3) is 0 Å². The van der Waals surface area contributed by atoms with Crippen LogP contribution >= 0.6 is 0 Å². The van der Waals surface area contributed by atoms with Crippen LogP contribution in [0, 0.1) is 0 Å². The van der Waals surface area contributed by atoms with Crippen LogP contribution in [0.2, 0.25) is 0 Å². The van der Waals surface area contributed by atoms with Crippen LogP contribution in [0.5, 0.6) is 11.5 Å². The van der Waals surface area contributed by atoms with Crippen molar-refractivity contribution < 1.29 is 27.5 Å². The zero-order chi connectivity index (χ0) is 18.6. The molecule has 0 saturated heterocycles. The molecule has 0 aromatic heterocycles. The number of hydrogen-bond donors (Lipinski definition) is 1. The maximum atomic E-state index is 11.7. The number of esters is 1. The summed E-state index contributed by atoms with van der Waals surface area (Å²) in [5.74, 6) is -0.813. The largest absolute Gasteiger partial charge is 0.497 e. The van der Waals surface area contributed by atoms with Gasteiger partial charge in [-0.2, -0.15) is 0 Å². The van der Waals surface area contributed by atoms with Crippen molar-refractivity contribution in [1.82, 2.24) is 0 Å². The molecule has 0 bridgehead atoms. The van der Waals surface area contributed by atoms with Crippen LogP contribution < -0.4 is 14.6 Å². The molecular formula is C17H17NO6S. The lowest BCUT2D eigenvalue weighted by molar-refractivity contribution is -0.132. The molecule has 1 atom stereocenters. The molecule has 0 aliphatic rings. The molecule has 1 unspecified atom stereocenters. The summed E-state index contributed by atoms with van der Waals surface area (Å²) in [6, 6.07) is 10.6. The van der Waals surface area contributed by atoms with Crippen molar-refractivity contribution in [2.45, 2.75) is 17.7 Å². The Hall–Kier alpha value is -2.71. The van der Waals surface area contributed by atoms with Crippen molar-refractivity contribution in [2.75, 3.05) is 7.11 Å². The number of carbonyl (C=O) groups is 2. The van der Waals surface area contributed by atoms with Crippen molar-refractivity contribution in [2.24, 2.45) is 5.14 Å². The highest BCUT2D eigenvalue weighted by molar-refractivity contribution is 7.89. The lowest BCUT2D eigenvalue weighted by Gasteiger charge is -2.16. The average Bonchev–Trinajstić information content (AvgIpc) is 2.56. The molecule has 2 aromatic carbocycles. The maximum absolute atomic E-state index is 11.7. The van der Waals surface area contributed by atoms with Gasteiger partial charge in [-0.1, -0.05) is 18.2 Å². The molecule has 0 aliphatic heterocycles. The van der Waals surface area contributed by atoms with Crippen molar-refractivity contribution in [3.63, 3.8) is 0 Å². The van der Waals surface area contributed by atoms with Gasteiger partial charge in [0.2, 0.25) is 10.0 Å². The fraction of sp³-hybridized carbons (Fsp3) is 0.176. The lowest BCUT2D eigenvalue weighted by atomic mass is 9.92. The Labute approximate surface area is 145 Å². The van der Waals surface area contributed by atoms with E-state index in [-0.39, 0.29) is 10.6 Å². The van der Waals surface area contributed by atoms with E-state index in [0.29, 0.717) is 23.2 Å². The van der Waals surface area contributed by atoms with E-state index in [1.165, 1.54) is 26.2 Å². The average molecular weight is 363 g/mol. The molecular weight excluding hydrogens is 346 g/mol. The molecule has 0 heterocycles. The molecule has 0 spiro atoms. The fourth-order valence-electron chi connectivity index (χ4n) is 2.33. The minimum absolute atomic E-state index is 0.0352. The lowest BCUT2D eigenvalue weighted by Crippen LogP contribution is -2.14. The van der Waals surface area contributed by atoms with E-state index in [1.54, 1.807) is 24.3 Å². The normalized spacial score (nSPS) is 12.3. The Morgan fingerprint density at radius 1 is 1.16 bits per heavy atom. The van der Waals surface area contributed by atoms with Gasteiger partial charge in [-0.25, -0.2) is 13.6 Å². The van der Waals surface area contributed by atoms with Gasteiger partial charge in [0, 0.05) is 18.6 Å². The number of nitrogens with two attached hydrogens (primary N) is 1. The fourth-order valence-corrected chi connectivity index (χ4v) is 2.86. The van der Waals surface area contributed by atoms with Gasteiger partial charge in [0.15, 0.2) is 0 Å². The van der Waals surface area contributed by atoms with Crippen LogP contribution in [0.4, 0.5) is 0 Å². The second-order valence-electron chi connectivity index (χ2n) is 5.23. The van der Waals surface area contributed by atoms with Gasteiger partial charge in [-0.15, -0.1) is 0 Å². The molecule has 0 saturated carbocycles. The first-order valence-electron chi connectivity index (χ1n) is 7.20. The maximum Gasteiger partial charge on any atom is 0.308 e. The Kier molecular flexibility index (Phi) is 5.55. The molecule has 0 radical (unpaired) electrons. The smallest absolute Gasteiger partial charge is 0.308 e. The number of aldehydes is 1. The number of benzene rings is 2. The Bertz CT molecular complexity index is 890. The van der Waals surface area contributed by atoms with E-state index >= 15 is 0 Å². The summed E-state index contributed by atoms with van der Waals surface area (Å²) >= 11 is 0. The van der Waals surface area contributed by atoms with E-state index in [0.717, 1.165) is 6.07 Å². The first kappa shape index (κ1) is 18.6. The molecule has 8 heteroatoms. The summed E-state index contributed by atoms with van der Waals surface area (Å²) in [5, 5.41) is 5.11. The molecule has 7 nitrogen and oxygen atoms in total. The first-order valence-corrected chi connectivity index (χ1v) is 8.75. The predicted octanol–water partition coefficient (Wildman–Crippen LogP) is 1.60.